The second kappa shape index (κ2) is 14.0. The maximum absolute atomic E-state index is 10.3. The summed E-state index contributed by atoms with van der Waals surface area (Å²) < 4.78 is 0. The normalized spacial score (nSPS) is 15.0. The molecule has 0 aromatic carbocycles. The monoisotopic (exact) mass is 430 g/mol. The van der Waals surface area contributed by atoms with Gasteiger partial charge in [0.25, 0.3) is 0 Å². The summed E-state index contributed by atoms with van der Waals surface area (Å²) in [6.07, 6.45) is -10.1. The molecule has 156 valence electrons. The zero-order valence-electron chi connectivity index (χ0n) is 13.0. The van der Waals surface area contributed by atoms with E-state index in [9.17, 15) is 19.2 Å². The Hall–Kier alpha value is -1.10. The molecule has 0 rings (SSSR count). The van der Waals surface area contributed by atoms with Gasteiger partial charge in [0, 0.05) is 0 Å². The Morgan fingerprint density at radius 2 is 1.15 bits per heavy atom. The number of hydrogen-bond acceptors (Lipinski definition) is 10. The van der Waals surface area contributed by atoms with Crippen molar-refractivity contribution in [2.45, 2.75) is 42.9 Å². The Labute approximate surface area is 180 Å². The predicted octanol–water partition coefficient (Wildman–Crippen LogP) is -5.66. The minimum absolute atomic E-state index is 0. The van der Waals surface area contributed by atoms with E-state index in [0.717, 1.165) is 0 Å². The average Bonchev–Trinajstić information content (AvgIpc) is 2.50. The summed E-state index contributed by atoms with van der Waals surface area (Å²) in [5.41, 5.74) is -2.74. The van der Waals surface area contributed by atoms with Gasteiger partial charge in [-0.05, 0) is 0 Å². The van der Waals surface area contributed by atoms with E-state index in [1.165, 1.54) is 0 Å². The van der Waals surface area contributed by atoms with E-state index in [0.29, 0.717) is 0 Å². The fraction of sp³-hybridized carbons (Fsp3) is 0.667. The van der Waals surface area contributed by atoms with Crippen molar-refractivity contribution >= 4 is 61.6 Å². The molecular weight excluding hydrogens is 408 g/mol. The standard InChI is InChI=1S/C6H8O7.C6H12O7.Ca.2H/c7-3(8)1-6(13,5(11)12)2-4(9)10;7-1-2(8)3(9)4(10)5(11)6(12)13;;;/h13H,1-2H2,(H,7,8)(H,9,10)(H,11,12);2-5,7-11H,1H2,(H,12,13);;;/t;2-,3-,4+,5-;;;/m.1.../s1. The van der Waals surface area contributed by atoms with Crippen LogP contribution in [0.15, 0.2) is 0 Å². The van der Waals surface area contributed by atoms with E-state index in [1.54, 1.807) is 0 Å². The van der Waals surface area contributed by atoms with Crippen molar-refractivity contribution in [1.29, 1.82) is 0 Å². The van der Waals surface area contributed by atoms with Crippen LogP contribution in [0.3, 0.4) is 0 Å². The quantitative estimate of drug-likeness (QED) is 0.145. The van der Waals surface area contributed by atoms with Crippen molar-refractivity contribution in [3.05, 3.63) is 0 Å². The van der Waals surface area contributed by atoms with Gasteiger partial charge in [-0.2, -0.15) is 0 Å². The summed E-state index contributed by atoms with van der Waals surface area (Å²) in [6.45, 7) is -0.843. The van der Waals surface area contributed by atoms with Crippen LogP contribution in [0.2, 0.25) is 0 Å². The van der Waals surface area contributed by atoms with Gasteiger partial charge < -0.3 is 51.1 Å². The molecule has 0 aromatic heterocycles. The first-order valence-electron chi connectivity index (χ1n) is 6.64. The number of rotatable bonds is 10. The second-order valence-electron chi connectivity index (χ2n) is 4.99. The van der Waals surface area contributed by atoms with Crippen molar-refractivity contribution in [2.24, 2.45) is 0 Å². The van der Waals surface area contributed by atoms with Crippen LogP contribution in [0.5, 0.6) is 0 Å². The first-order chi connectivity index (χ1) is 11.7. The molecule has 27 heavy (non-hydrogen) atoms. The van der Waals surface area contributed by atoms with Crippen molar-refractivity contribution in [2.75, 3.05) is 6.61 Å². The van der Waals surface area contributed by atoms with Gasteiger partial charge >= 0.3 is 61.6 Å². The van der Waals surface area contributed by atoms with Gasteiger partial charge in [0.2, 0.25) is 0 Å². The molecule has 14 nitrogen and oxygen atoms in total. The topological polar surface area (TPSA) is 271 Å². The van der Waals surface area contributed by atoms with Crippen molar-refractivity contribution < 1.29 is 70.2 Å². The molecular formula is C12H22CaO14. The van der Waals surface area contributed by atoms with E-state index >= 15 is 0 Å². The van der Waals surface area contributed by atoms with Crippen molar-refractivity contribution in [3.8, 4) is 0 Å². The molecule has 0 saturated heterocycles. The van der Waals surface area contributed by atoms with Gasteiger partial charge in [0.1, 0.15) is 18.3 Å². The molecule has 0 radical (unpaired) electrons. The third-order valence-electron chi connectivity index (χ3n) is 2.79. The summed E-state index contributed by atoms with van der Waals surface area (Å²) in [5, 5.41) is 85.6. The van der Waals surface area contributed by atoms with Gasteiger partial charge in [0.15, 0.2) is 11.7 Å². The second-order valence-corrected chi connectivity index (χ2v) is 4.99. The van der Waals surface area contributed by atoms with E-state index in [2.05, 4.69) is 0 Å². The Morgan fingerprint density at radius 3 is 1.37 bits per heavy atom. The molecule has 0 aromatic rings. The molecule has 0 saturated carbocycles. The predicted molar refractivity (Wildman–Crippen MR) is 84.4 cm³/mol. The number of carboxylic acid groups (broad SMARTS) is 4. The zero-order valence-corrected chi connectivity index (χ0v) is 13.0. The van der Waals surface area contributed by atoms with Gasteiger partial charge in [-0.15, -0.1) is 0 Å². The Morgan fingerprint density at radius 1 is 0.778 bits per heavy atom. The third kappa shape index (κ3) is 12.1. The molecule has 0 aliphatic rings. The average molecular weight is 430 g/mol. The van der Waals surface area contributed by atoms with Crippen LogP contribution in [-0.2, 0) is 19.2 Å². The van der Waals surface area contributed by atoms with Gasteiger partial charge in [-0.1, -0.05) is 0 Å². The molecule has 0 fully saturated rings. The van der Waals surface area contributed by atoms with Gasteiger partial charge in [-0.25, -0.2) is 9.59 Å². The zero-order chi connectivity index (χ0) is 21.2. The maximum atomic E-state index is 10.3. The number of carboxylic acids is 4. The van der Waals surface area contributed by atoms with Crippen molar-refractivity contribution in [1.82, 2.24) is 0 Å². The fourth-order valence-electron chi connectivity index (χ4n) is 1.38. The van der Waals surface area contributed by atoms with Crippen LogP contribution in [0.25, 0.3) is 0 Å². The van der Waals surface area contributed by atoms with Gasteiger partial charge in [-0.3, -0.25) is 9.59 Å². The molecule has 0 aliphatic heterocycles. The Balaban J connectivity index is -0.000000411. The molecule has 0 unspecified atom stereocenters. The molecule has 0 bridgehead atoms. The van der Waals surface area contributed by atoms with Crippen LogP contribution in [0.4, 0.5) is 0 Å². The van der Waals surface area contributed by atoms with E-state index in [4.69, 9.17) is 51.1 Å². The van der Waals surface area contributed by atoms with Gasteiger partial charge in [0.05, 0.1) is 19.4 Å². The molecule has 0 amide bonds. The first-order valence-corrected chi connectivity index (χ1v) is 6.64. The number of aliphatic carboxylic acids is 4. The Bertz CT molecular complexity index is 492. The minimum atomic E-state index is -2.74. The summed E-state index contributed by atoms with van der Waals surface area (Å²) >= 11 is 0. The molecule has 15 heteroatoms. The van der Waals surface area contributed by atoms with E-state index in [1.807, 2.05) is 0 Å². The van der Waals surface area contributed by atoms with E-state index < -0.39 is 73.3 Å². The van der Waals surface area contributed by atoms with E-state index in [-0.39, 0.29) is 37.7 Å². The molecule has 0 spiro atoms. The summed E-state index contributed by atoms with van der Waals surface area (Å²) in [7, 11) is 0. The van der Waals surface area contributed by atoms with Crippen LogP contribution < -0.4 is 0 Å². The number of hydrogen-bond donors (Lipinski definition) is 10. The first kappa shape index (κ1) is 30.6. The summed E-state index contributed by atoms with van der Waals surface area (Å²) in [6, 6.07) is 0. The third-order valence-corrected chi connectivity index (χ3v) is 2.79. The number of carbonyl (C=O) groups is 4. The SMILES string of the molecule is O=C(O)CC(O)(CC(=O)O)C(=O)O.O=C(O)[C@H](O)[C@@H](O)[C@H](O)[C@H](O)CO.[CaH2]. The number of aliphatic hydroxyl groups excluding tert-OH is 5. The molecule has 10 N–H and O–H groups in total. The summed E-state index contributed by atoms with van der Waals surface area (Å²) in [4.78, 5) is 40.6. The fourth-order valence-corrected chi connectivity index (χ4v) is 1.38. The number of aliphatic hydroxyl groups is 6. The van der Waals surface area contributed by atoms with Crippen LogP contribution >= 0.6 is 0 Å². The molecule has 0 aliphatic carbocycles. The summed E-state index contributed by atoms with van der Waals surface area (Å²) in [5.74, 6) is -6.74. The molecule has 4 atom stereocenters. The Kier molecular flexibility index (Phi) is 15.9. The molecule has 0 heterocycles. The van der Waals surface area contributed by atoms with Crippen LogP contribution in [0.1, 0.15) is 12.8 Å². The van der Waals surface area contributed by atoms with Crippen LogP contribution in [-0.4, -0.2) is 149 Å². The van der Waals surface area contributed by atoms with Crippen molar-refractivity contribution in [3.63, 3.8) is 0 Å². The van der Waals surface area contributed by atoms with Crippen LogP contribution in [0, 0.1) is 0 Å².